The molecule has 0 bridgehead atoms. The first-order chi connectivity index (χ1) is 11.1. The van der Waals surface area contributed by atoms with E-state index in [4.69, 9.17) is 0 Å². The lowest BCUT2D eigenvalue weighted by molar-refractivity contribution is -0.129. The second kappa shape index (κ2) is 6.44. The number of amides is 3. The molecule has 1 aliphatic heterocycles. The Bertz CT molecular complexity index is 710. The number of rotatable bonds is 4. The zero-order valence-corrected chi connectivity index (χ0v) is 12.4. The maximum Gasteiger partial charge on any atom is 0.325 e. The molecule has 1 N–H and O–H groups in total. The van der Waals surface area contributed by atoms with Gasteiger partial charge in [0.25, 0.3) is 0 Å². The molecule has 0 saturated carbocycles. The molecule has 3 rings (SSSR count). The van der Waals surface area contributed by atoms with E-state index in [2.05, 4.69) is 5.32 Å². The van der Waals surface area contributed by atoms with Crippen LogP contribution in [-0.4, -0.2) is 29.2 Å². The SMILES string of the molecule is O=C(CN1C(=O)CC(c2ccccc2)NC1=O)c1ccccc1. The lowest BCUT2D eigenvalue weighted by atomic mass is 10.0. The van der Waals surface area contributed by atoms with Crippen molar-refractivity contribution in [2.45, 2.75) is 12.5 Å². The van der Waals surface area contributed by atoms with Crippen LogP contribution in [0.25, 0.3) is 0 Å². The second-order valence-electron chi connectivity index (χ2n) is 5.39. The van der Waals surface area contributed by atoms with E-state index in [0.29, 0.717) is 5.56 Å². The number of carbonyl (C=O) groups excluding carboxylic acids is 3. The van der Waals surface area contributed by atoms with Crippen molar-refractivity contribution in [3.8, 4) is 0 Å². The van der Waals surface area contributed by atoms with Crippen LogP contribution in [0.1, 0.15) is 28.4 Å². The van der Waals surface area contributed by atoms with E-state index in [0.717, 1.165) is 10.5 Å². The molecule has 3 amide bonds. The number of carbonyl (C=O) groups is 3. The molecule has 1 fully saturated rings. The summed E-state index contributed by atoms with van der Waals surface area (Å²) in [7, 11) is 0. The van der Waals surface area contributed by atoms with Crippen LogP contribution in [0.5, 0.6) is 0 Å². The van der Waals surface area contributed by atoms with Gasteiger partial charge in [0.2, 0.25) is 5.91 Å². The molecule has 23 heavy (non-hydrogen) atoms. The number of nitrogens with one attached hydrogen (secondary N) is 1. The topological polar surface area (TPSA) is 66.5 Å². The van der Waals surface area contributed by atoms with Gasteiger partial charge in [-0.15, -0.1) is 0 Å². The molecule has 0 radical (unpaired) electrons. The Balaban J connectivity index is 1.70. The smallest absolute Gasteiger partial charge is 0.325 e. The van der Waals surface area contributed by atoms with Crippen molar-refractivity contribution in [1.82, 2.24) is 10.2 Å². The second-order valence-corrected chi connectivity index (χ2v) is 5.39. The van der Waals surface area contributed by atoms with E-state index in [1.807, 2.05) is 30.3 Å². The molecule has 1 heterocycles. The number of nitrogens with zero attached hydrogens (tertiary/aromatic N) is 1. The summed E-state index contributed by atoms with van der Waals surface area (Å²) in [5, 5.41) is 2.78. The molecule has 116 valence electrons. The fourth-order valence-corrected chi connectivity index (χ4v) is 2.58. The van der Waals surface area contributed by atoms with Gasteiger partial charge in [0.05, 0.1) is 19.0 Å². The molecule has 0 aliphatic carbocycles. The van der Waals surface area contributed by atoms with Gasteiger partial charge >= 0.3 is 6.03 Å². The van der Waals surface area contributed by atoms with Crippen molar-refractivity contribution in [2.75, 3.05) is 6.54 Å². The van der Waals surface area contributed by atoms with Crippen LogP contribution in [0.2, 0.25) is 0 Å². The number of ketones is 1. The van der Waals surface area contributed by atoms with E-state index in [9.17, 15) is 14.4 Å². The summed E-state index contributed by atoms with van der Waals surface area (Å²) in [5.41, 5.74) is 1.36. The summed E-state index contributed by atoms with van der Waals surface area (Å²) in [5.74, 6) is -0.598. The number of hydrogen-bond donors (Lipinski definition) is 1. The third-order valence-corrected chi connectivity index (χ3v) is 3.82. The molecular formula is C18H16N2O3. The van der Waals surface area contributed by atoms with Crippen LogP contribution in [0.3, 0.4) is 0 Å². The van der Waals surface area contributed by atoms with Crippen LogP contribution in [0.4, 0.5) is 4.79 Å². The van der Waals surface area contributed by atoms with Gasteiger partial charge in [-0.25, -0.2) is 4.79 Å². The average molecular weight is 308 g/mol. The van der Waals surface area contributed by atoms with E-state index >= 15 is 0 Å². The van der Waals surface area contributed by atoms with Crippen molar-refractivity contribution >= 4 is 17.7 Å². The molecule has 1 unspecified atom stereocenters. The van der Waals surface area contributed by atoms with Crippen LogP contribution >= 0.6 is 0 Å². The van der Waals surface area contributed by atoms with Crippen LogP contribution in [0, 0.1) is 0 Å². The van der Waals surface area contributed by atoms with Gasteiger partial charge in [-0.3, -0.25) is 14.5 Å². The van der Waals surface area contributed by atoms with Crippen molar-refractivity contribution in [3.63, 3.8) is 0 Å². The van der Waals surface area contributed by atoms with Crippen LogP contribution in [-0.2, 0) is 4.79 Å². The van der Waals surface area contributed by atoms with Crippen molar-refractivity contribution < 1.29 is 14.4 Å². The van der Waals surface area contributed by atoms with Crippen molar-refractivity contribution in [2.24, 2.45) is 0 Å². The van der Waals surface area contributed by atoms with E-state index in [1.165, 1.54) is 0 Å². The molecular weight excluding hydrogens is 292 g/mol. The zero-order chi connectivity index (χ0) is 16.2. The normalized spacial score (nSPS) is 17.7. The first kappa shape index (κ1) is 15.0. The quantitative estimate of drug-likeness (QED) is 0.883. The van der Waals surface area contributed by atoms with Crippen LogP contribution < -0.4 is 5.32 Å². The molecule has 0 aromatic heterocycles. The number of urea groups is 1. The lowest BCUT2D eigenvalue weighted by Gasteiger charge is -2.31. The molecule has 1 atom stereocenters. The summed E-state index contributed by atoms with van der Waals surface area (Å²) in [6.07, 6.45) is 0.151. The molecule has 0 spiro atoms. The van der Waals surface area contributed by atoms with E-state index < -0.39 is 6.03 Å². The van der Waals surface area contributed by atoms with Gasteiger partial charge < -0.3 is 5.32 Å². The van der Waals surface area contributed by atoms with E-state index in [1.54, 1.807) is 30.3 Å². The van der Waals surface area contributed by atoms with Gasteiger partial charge in [-0.1, -0.05) is 60.7 Å². The Labute approximate surface area is 133 Å². The number of imide groups is 1. The fraction of sp³-hybridized carbons (Fsp3) is 0.167. The Kier molecular flexibility index (Phi) is 4.19. The third-order valence-electron chi connectivity index (χ3n) is 3.82. The minimum absolute atomic E-state index is 0.151. The highest BCUT2D eigenvalue weighted by Crippen LogP contribution is 2.22. The Morgan fingerprint density at radius 2 is 1.61 bits per heavy atom. The Morgan fingerprint density at radius 3 is 2.22 bits per heavy atom. The maximum atomic E-state index is 12.3. The zero-order valence-electron chi connectivity index (χ0n) is 12.4. The predicted octanol–water partition coefficient (Wildman–Crippen LogP) is 2.55. The first-order valence-corrected chi connectivity index (χ1v) is 7.39. The number of Topliss-reactive ketones (excluding diaryl/α,β-unsaturated/α-hetero) is 1. The lowest BCUT2D eigenvalue weighted by Crippen LogP contribution is -2.52. The Hall–Kier alpha value is -2.95. The molecule has 5 nitrogen and oxygen atoms in total. The van der Waals surface area contributed by atoms with Gasteiger partial charge in [0.1, 0.15) is 0 Å². The number of benzene rings is 2. The molecule has 1 saturated heterocycles. The minimum Gasteiger partial charge on any atom is -0.330 e. The predicted molar refractivity (Wildman–Crippen MR) is 84.8 cm³/mol. The van der Waals surface area contributed by atoms with Gasteiger partial charge in [0.15, 0.2) is 5.78 Å². The largest absolute Gasteiger partial charge is 0.330 e. The fourth-order valence-electron chi connectivity index (χ4n) is 2.58. The highest BCUT2D eigenvalue weighted by atomic mass is 16.2. The highest BCUT2D eigenvalue weighted by Gasteiger charge is 2.33. The van der Waals surface area contributed by atoms with Crippen molar-refractivity contribution in [1.29, 1.82) is 0 Å². The van der Waals surface area contributed by atoms with E-state index in [-0.39, 0.29) is 30.7 Å². The van der Waals surface area contributed by atoms with Gasteiger partial charge in [-0.2, -0.15) is 0 Å². The maximum absolute atomic E-state index is 12.3. The molecule has 1 aliphatic rings. The van der Waals surface area contributed by atoms with Gasteiger partial charge in [0, 0.05) is 5.56 Å². The summed E-state index contributed by atoms with van der Waals surface area (Å²) in [4.78, 5) is 37.6. The van der Waals surface area contributed by atoms with Crippen LogP contribution in [0.15, 0.2) is 60.7 Å². The molecule has 5 heteroatoms. The highest BCUT2D eigenvalue weighted by molar-refractivity contribution is 6.05. The Morgan fingerprint density at radius 1 is 1.00 bits per heavy atom. The van der Waals surface area contributed by atoms with Gasteiger partial charge in [-0.05, 0) is 5.56 Å². The minimum atomic E-state index is -0.528. The molecule has 2 aromatic rings. The molecule has 2 aromatic carbocycles. The first-order valence-electron chi connectivity index (χ1n) is 7.39. The summed E-state index contributed by atoms with van der Waals surface area (Å²) < 4.78 is 0. The summed E-state index contributed by atoms with van der Waals surface area (Å²) >= 11 is 0. The number of hydrogen-bond acceptors (Lipinski definition) is 3. The summed E-state index contributed by atoms with van der Waals surface area (Å²) in [6, 6.07) is 17.1. The third kappa shape index (κ3) is 3.29. The summed E-state index contributed by atoms with van der Waals surface area (Å²) in [6.45, 7) is -0.240. The average Bonchev–Trinajstić information content (AvgIpc) is 2.59. The standard InChI is InChI=1S/C18H16N2O3/c21-16(14-9-5-2-6-10-14)12-20-17(22)11-15(19-18(20)23)13-7-3-1-4-8-13/h1-10,15H,11-12H2,(H,19,23). The van der Waals surface area contributed by atoms with Crippen molar-refractivity contribution in [3.05, 3.63) is 71.8 Å². The monoisotopic (exact) mass is 308 g/mol.